The first kappa shape index (κ1) is 13.1. The number of hydrogen-bond acceptors (Lipinski definition) is 3. The molecule has 0 bridgehead atoms. The van der Waals surface area contributed by atoms with E-state index in [2.05, 4.69) is 0 Å². The average Bonchev–Trinajstić information content (AvgIpc) is 2.46. The van der Waals surface area contributed by atoms with Gasteiger partial charge < -0.3 is 10.6 Å². The molecule has 2 N–H and O–H groups in total. The van der Waals surface area contributed by atoms with Crippen LogP contribution in [0.5, 0.6) is 0 Å². The first-order valence-corrected chi connectivity index (χ1v) is 7.10. The Morgan fingerprint density at radius 1 is 1.15 bits per heavy atom. The Labute approximate surface area is 120 Å². The zero-order valence-corrected chi connectivity index (χ0v) is 11.4. The molecule has 0 aromatic heterocycles. The Hall–Kier alpha value is -1.85. The van der Waals surface area contributed by atoms with Crippen molar-refractivity contribution >= 4 is 23.4 Å². The number of benzene rings is 2. The van der Waals surface area contributed by atoms with Crippen LogP contribution in [0, 0.1) is 5.82 Å². The monoisotopic (exact) mass is 288 g/mol. The molecule has 0 saturated carbocycles. The first-order valence-electron chi connectivity index (χ1n) is 6.22. The van der Waals surface area contributed by atoms with Crippen LogP contribution in [-0.2, 0) is 11.3 Å². The topological polar surface area (TPSA) is 46.3 Å². The predicted octanol–water partition coefficient (Wildman–Crippen LogP) is 2.75. The Morgan fingerprint density at radius 2 is 1.85 bits per heavy atom. The summed E-state index contributed by atoms with van der Waals surface area (Å²) in [6.45, 7) is 0.393. The molecule has 102 valence electrons. The molecule has 1 aliphatic rings. The molecule has 1 aliphatic heterocycles. The number of nitrogens with zero attached hydrogens (tertiary/aromatic N) is 1. The molecule has 1 atom stereocenters. The van der Waals surface area contributed by atoms with Crippen molar-refractivity contribution in [3.8, 4) is 0 Å². The summed E-state index contributed by atoms with van der Waals surface area (Å²) in [6, 6.07) is 13.8. The van der Waals surface area contributed by atoms with Crippen LogP contribution in [0.2, 0.25) is 0 Å². The quantitative estimate of drug-likeness (QED) is 0.924. The van der Waals surface area contributed by atoms with Gasteiger partial charge in [0.1, 0.15) is 11.2 Å². The van der Waals surface area contributed by atoms with E-state index < -0.39 is 5.37 Å². The lowest BCUT2D eigenvalue weighted by atomic mass is 10.2. The Morgan fingerprint density at radius 3 is 2.60 bits per heavy atom. The minimum atomic E-state index is -0.592. The largest absolute Gasteiger partial charge is 0.311 e. The summed E-state index contributed by atoms with van der Waals surface area (Å²) in [5.41, 5.74) is 7.60. The lowest BCUT2D eigenvalue weighted by Crippen LogP contribution is -2.44. The molecule has 0 saturated heterocycles. The molecule has 1 unspecified atom stereocenters. The zero-order valence-electron chi connectivity index (χ0n) is 10.6. The Balaban J connectivity index is 1.95. The second kappa shape index (κ2) is 5.26. The molecule has 1 heterocycles. The smallest absolute Gasteiger partial charge is 0.254 e. The third-order valence-electron chi connectivity index (χ3n) is 3.17. The number of carbonyl (C=O) groups is 1. The van der Waals surface area contributed by atoms with E-state index in [-0.39, 0.29) is 11.7 Å². The number of thioether (sulfide) groups is 1. The van der Waals surface area contributed by atoms with E-state index in [0.29, 0.717) is 6.54 Å². The maximum absolute atomic E-state index is 12.9. The normalized spacial score (nSPS) is 18.0. The van der Waals surface area contributed by atoms with Gasteiger partial charge in [0.2, 0.25) is 0 Å². The van der Waals surface area contributed by atoms with Gasteiger partial charge in [0.25, 0.3) is 5.91 Å². The van der Waals surface area contributed by atoms with Crippen molar-refractivity contribution < 1.29 is 9.18 Å². The van der Waals surface area contributed by atoms with Crippen molar-refractivity contribution in [2.75, 3.05) is 4.90 Å². The van der Waals surface area contributed by atoms with E-state index in [1.54, 1.807) is 17.0 Å². The summed E-state index contributed by atoms with van der Waals surface area (Å²) >= 11 is 1.36. The third-order valence-corrected chi connectivity index (χ3v) is 4.23. The molecule has 0 aliphatic carbocycles. The Bertz CT molecular complexity index is 645. The standard InChI is InChI=1S/C15H13FN2OS/c16-11-7-5-10(6-8-11)9-18-12-3-1-2-4-13(12)20-14(17)15(18)19/h1-8,14H,9,17H2. The average molecular weight is 288 g/mol. The van der Waals surface area contributed by atoms with Gasteiger partial charge >= 0.3 is 0 Å². The molecule has 20 heavy (non-hydrogen) atoms. The predicted molar refractivity (Wildman–Crippen MR) is 77.9 cm³/mol. The highest BCUT2D eigenvalue weighted by atomic mass is 32.2. The zero-order chi connectivity index (χ0) is 14.1. The molecule has 0 spiro atoms. The summed E-state index contributed by atoms with van der Waals surface area (Å²) in [4.78, 5) is 14.9. The Kier molecular flexibility index (Phi) is 3.46. The van der Waals surface area contributed by atoms with Crippen molar-refractivity contribution in [3.05, 3.63) is 59.9 Å². The molecule has 5 heteroatoms. The number of hydrogen-bond donors (Lipinski definition) is 1. The maximum Gasteiger partial charge on any atom is 0.254 e. The van der Waals surface area contributed by atoms with Crippen LogP contribution in [0.15, 0.2) is 53.4 Å². The minimum absolute atomic E-state index is 0.127. The molecule has 0 fully saturated rings. The molecule has 0 radical (unpaired) electrons. The summed E-state index contributed by atoms with van der Waals surface area (Å²) in [6.07, 6.45) is 0. The number of fused-ring (bicyclic) bond motifs is 1. The van der Waals surface area contributed by atoms with Crippen LogP contribution in [0.3, 0.4) is 0 Å². The van der Waals surface area contributed by atoms with Crippen LogP contribution in [0.4, 0.5) is 10.1 Å². The van der Waals surface area contributed by atoms with Crippen LogP contribution in [-0.4, -0.2) is 11.3 Å². The van der Waals surface area contributed by atoms with E-state index >= 15 is 0 Å². The van der Waals surface area contributed by atoms with Gasteiger partial charge in [-0.15, -0.1) is 0 Å². The van der Waals surface area contributed by atoms with Gasteiger partial charge in [0.15, 0.2) is 0 Å². The molecule has 1 amide bonds. The van der Waals surface area contributed by atoms with Crippen molar-refractivity contribution in [1.82, 2.24) is 0 Å². The van der Waals surface area contributed by atoms with E-state index in [1.165, 1.54) is 23.9 Å². The highest BCUT2D eigenvalue weighted by Gasteiger charge is 2.30. The minimum Gasteiger partial charge on any atom is -0.311 e. The van der Waals surface area contributed by atoms with Gasteiger partial charge in [-0.25, -0.2) is 4.39 Å². The highest BCUT2D eigenvalue weighted by molar-refractivity contribution is 8.00. The SMILES string of the molecule is NC1Sc2ccccc2N(Cc2ccc(F)cc2)C1=O. The number of anilines is 1. The molecular weight excluding hydrogens is 275 g/mol. The van der Waals surface area contributed by atoms with Gasteiger partial charge in [-0.2, -0.15) is 0 Å². The van der Waals surface area contributed by atoms with Crippen molar-refractivity contribution in [1.29, 1.82) is 0 Å². The summed E-state index contributed by atoms with van der Waals surface area (Å²) < 4.78 is 12.9. The van der Waals surface area contributed by atoms with E-state index in [4.69, 9.17) is 5.73 Å². The van der Waals surface area contributed by atoms with Crippen molar-refractivity contribution in [2.45, 2.75) is 16.8 Å². The van der Waals surface area contributed by atoms with Gasteiger partial charge in [-0.05, 0) is 29.8 Å². The fraction of sp³-hybridized carbons (Fsp3) is 0.133. The second-order valence-corrected chi connectivity index (χ2v) is 5.74. The fourth-order valence-electron chi connectivity index (χ4n) is 2.17. The number of rotatable bonds is 2. The lowest BCUT2D eigenvalue weighted by Gasteiger charge is -2.32. The number of halogens is 1. The molecular formula is C15H13FN2OS. The summed E-state index contributed by atoms with van der Waals surface area (Å²) in [5, 5.41) is -0.592. The van der Waals surface area contributed by atoms with Gasteiger partial charge in [-0.3, -0.25) is 4.79 Å². The van der Waals surface area contributed by atoms with Gasteiger partial charge in [0.05, 0.1) is 12.2 Å². The van der Waals surface area contributed by atoms with Gasteiger partial charge in [0, 0.05) is 4.90 Å². The first-order chi connectivity index (χ1) is 9.65. The molecule has 3 nitrogen and oxygen atoms in total. The van der Waals surface area contributed by atoms with Crippen molar-refractivity contribution in [2.24, 2.45) is 5.73 Å². The van der Waals surface area contributed by atoms with Crippen LogP contribution in [0.25, 0.3) is 0 Å². The summed E-state index contributed by atoms with van der Waals surface area (Å²) in [5.74, 6) is -0.413. The molecule has 3 rings (SSSR count). The van der Waals surface area contributed by atoms with E-state index in [0.717, 1.165) is 16.1 Å². The van der Waals surface area contributed by atoms with Crippen LogP contribution in [0.1, 0.15) is 5.56 Å². The number of nitrogens with two attached hydrogens (primary N) is 1. The third kappa shape index (κ3) is 2.42. The number of amides is 1. The molecule has 2 aromatic carbocycles. The summed E-state index contributed by atoms with van der Waals surface area (Å²) in [7, 11) is 0. The molecule has 2 aromatic rings. The van der Waals surface area contributed by atoms with E-state index in [1.807, 2.05) is 24.3 Å². The second-order valence-electron chi connectivity index (χ2n) is 4.56. The maximum atomic E-state index is 12.9. The van der Waals surface area contributed by atoms with Crippen LogP contribution < -0.4 is 10.6 Å². The number of para-hydroxylation sites is 1. The van der Waals surface area contributed by atoms with Crippen LogP contribution >= 0.6 is 11.8 Å². The number of carbonyl (C=O) groups excluding carboxylic acids is 1. The van der Waals surface area contributed by atoms with Gasteiger partial charge in [-0.1, -0.05) is 36.0 Å². The lowest BCUT2D eigenvalue weighted by molar-refractivity contribution is -0.118. The van der Waals surface area contributed by atoms with Crippen molar-refractivity contribution in [3.63, 3.8) is 0 Å². The van der Waals surface area contributed by atoms with E-state index in [9.17, 15) is 9.18 Å². The highest BCUT2D eigenvalue weighted by Crippen LogP contribution is 2.37. The fourth-order valence-corrected chi connectivity index (χ4v) is 3.13.